The number of ether oxygens (including phenoxy) is 1. The summed E-state index contributed by atoms with van der Waals surface area (Å²) in [4.78, 5) is 27.5. The minimum atomic E-state index is -0.361. The van der Waals surface area contributed by atoms with Crippen LogP contribution in [0.2, 0.25) is 0 Å². The molecule has 2 amide bonds. The Labute approximate surface area is 209 Å². The van der Waals surface area contributed by atoms with Crippen LogP contribution in [0.1, 0.15) is 60.2 Å². The molecule has 1 aliphatic heterocycles. The van der Waals surface area contributed by atoms with Crippen molar-refractivity contribution in [3.8, 4) is 5.75 Å². The summed E-state index contributed by atoms with van der Waals surface area (Å²) in [5, 5.41) is 5.87. The molecular formula is C25H30BrN3O3S. The minimum Gasteiger partial charge on any atom is -0.492 e. The largest absolute Gasteiger partial charge is 0.492 e. The number of anilines is 1. The number of likely N-dealkylation sites (tertiary alicyclic amines) is 1. The molecule has 0 spiro atoms. The summed E-state index contributed by atoms with van der Waals surface area (Å²) in [6.45, 7) is 6.22. The molecule has 1 aliphatic rings. The van der Waals surface area contributed by atoms with Gasteiger partial charge in [0.15, 0.2) is 5.11 Å². The van der Waals surface area contributed by atoms with E-state index < -0.39 is 0 Å². The molecule has 1 saturated heterocycles. The highest BCUT2D eigenvalue weighted by atomic mass is 79.9. The Balaban J connectivity index is 1.60. The zero-order valence-electron chi connectivity index (χ0n) is 19.0. The highest BCUT2D eigenvalue weighted by molar-refractivity contribution is 9.10. The minimum absolute atomic E-state index is 0.0583. The van der Waals surface area contributed by atoms with Crippen LogP contribution in [0.3, 0.4) is 0 Å². The van der Waals surface area contributed by atoms with Crippen molar-refractivity contribution in [2.45, 2.75) is 39.5 Å². The number of halogens is 1. The molecule has 0 aliphatic carbocycles. The van der Waals surface area contributed by atoms with E-state index in [0.717, 1.165) is 30.4 Å². The molecule has 3 rings (SSSR count). The van der Waals surface area contributed by atoms with Crippen molar-refractivity contribution in [2.75, 3.05) is 25.0 Å². The van der Waals surface area contributed by atoms with Gasteiger partial charge in [-0.05, 0) is 73.4 Å². The third kappa shape index (κ3) is 7.54. The van der Waals surface area contributed by atoms with Gasteiger partial charge in [-0.3, -0.25) is 14.9 Å². The quantitative estimate of drug-likeness (QED) is 0.473. The molecule has 1 heterocycles. The molecule has 176 valence electrons. The molecule has 8 heteroatoms. The van der Waals surface area contributed by atoms with Gasteiger partial charge in [0.2, 0.25) is 0 Å². The molecule has 6 nitrogen and oxygen atoms in total. The summed E-state index contributed by atoms with van der Waals surface area (Å²) in [5.41, 5.74) is 1.74. The number of hydrogen-bond acceptors (Lipinski definition) is 4. The van der Waals surface area contributed by atoms with E-state index in [1.165, 1.54) is 12.8 Å². The van der Waals surface area contributed by atoms with E-state index in [0.29, 0.717) is 35.1 Å². The first-order valence-electron chi connectivity index (χ1n) is 11.3. The van der Waals surface area contributed by atoms with E-state index in [2.05, 4.69) is 26.6 Å². The van der Waals surface area contributed by atoms with E-state index in [1.54, 1.807) is 36.4 Å². The Bertz CT molecular complexity index is 987. The van der Waals surface area contributed by atoms with Gasteiger partial charge in [0, 0.05) is 28.8 Å². The highest BCUT2D eigenvalue weighted by Gasteiger charge is 2.18. The van der Waals surface area contributed by atoms with Crippen molar-refractivity contribution in [3.05, 3.63) is 58.1 Å². The molecule has 0 aromatic heterocycles. The van der Waals surface area contributed by atoms with Crippen LogP contribution in [0.4, 0.5) is 5.69 Å². The van der Waals surface area contributed by atoms with E-state index in [4.69, 9.17) is 17.0 Å². The first kappa shape index (κ1) is 25.2. The van der Waals surface area contributed by atoms with Crippen LogP contribution in [0.5, 0.6) is 5.75 Å². The zero-order valence-corrected chi connectivity index (χ0v) is 21.4. The smallest absolute Gasteiger partial charge is 0.261 e. The lowest BCUT2D eigenvalue weighted by Crippen LogP contribution is -2.34. The van der Waals surface area contributed by atoms with Gasteiger partial charge in [-0.1, -0.05) is 42.6 Å². The first-order chi connectivity index (χ1) is 15.8. The van der Waals surface area contributed by atoms with Gasteiger partial charge < -0.3 is 15.0 Å². The maximum atomic E-state index is 12.8. The lowest BCUT2D eigenvalue weighted by molar-refractivity contribution is 0.0761. The zero-order chi connectivity index (χ0) is 23.8. The van der Waals surface area contributed by atoms with Crippen LogP contribution in [0.25, 0.3) is 0 Å². The Hall–Kier alpha value is -2.45. The summed E-state index contributed by atoms with van der Waals surface area (Å²) in [5.74, 6) is 0.536. The van der Waals surface area contributed by atoms with E-state index in [-0.39, 0.29) is 16.9 Å². The second-order valence-corrected chi connectivity index (χ2v) is 9.86. The molecule has 0 atom stereocenters. The van der Waals surface area contributed by atoms with Gasteiger partial charge in [-0.25, -0.2) is 0 Å². The van der Waals surface area contributed by atoms with Crippen molar-refractivity contribution < 1.29 is 14.3 Å². The predicted octanol–water partition coefficient (Wildman–Crippen LogP) is 5.63. The third-order valence-corrected chi connectivity index (χ3v) is 5.97. The molecule has 0 saturated carbocycles. The maximum Gasteiger partial charge on any atom is 0.261 e. The average Bonchev–Trinajstić information content (AvgIpc) is 3.07. The molecule has 0 unspecified atom stereocenters. The summed E-state index contributed by atoms with van der Waals surface area (Å²) in [6.07, 6.45) is 4.48. The number of rotatable bonds is 6. The highest BCUT2D eigenvalue weighted by Crippen LogP contribution is 2.24. The third-order valence-electron chi connectivity index (χ3n) is 5.27. The van der Waals surface area contributed by atoms with Gasteiger partial charge in [0.25, 0.3) is 11.8 Å². The normalized spacial score (nSPS) is 13.9. The van der Waals surface area contributed by atoms with Crippen LogP contribution in [-0.4, -0.2) is 41.5 Å². The number of nitrogens with one attached hydrogen (secondary N) is 2. The molecular weight excluding hydrogens is 502 g/mol. The van der Waals surface area contributed by atoms with Crippen LogP contribution >= 0.6 is 28.1 Å². The molecule has 0 radical (unpaired) electrons. The monoisotopic (exact) mass is 531 g/mol. The van der Waals surface area contributed by atoms with E-state index in [9.17, 15) is 9.59 Å². The Kier molecular flexibility index (Phi) is 9.26. The van der Waals surface area contributed by atoms with Crippen molar-refractivity contribution in [1.29, 1.82) is 0 Å². The van der Waals surface area contributed by atoms with Gasteiger partial charge in [0.05, 0.1) is 12.2 Å². The van der Waals surface area contributed by atoms with Crippen LogP contribution in [-0.2, 0) is 0 Å². The SMILES string of the molecule is CC(C)COc1ccc(Br)cc1C(=O)NC(=S)Nc1ccc(C(=O)N2CCCCCC2)cc1. The summed E-state index contributed by atoms with van der Waals surface area (Å²) in [7, 11) is 0. The molecule has 1 fully saturated rings. The summed E-state index contributed by atoms with van der Waals surface area (Å²) >= 11 is 8.73. The number of amides is 2. The Morgan fingerprint density at radius 3 is 2.36 bits per heavy atom. The fraction of sp³-hybridized carbons (Fsp3) is 0.400. The first-order valence-corrected chi connectivity index (χ1v) is 12.5. The summed E-state index contributed by atoms with van der Waals surface area (Å²) < 4.78 is 6.56. The number of nitrogens with zero attached hydrogens (tertiary/aromatic N) is 1. The van der Waals surface area contributed by atoms with Gasteiger partial charge in [0.1, 0.15) is 5.75 Å². The fourth-order valence-corrected chi connectivity index (χ4v) is 4.12. The number of carbonyl (C=O) groups excluding carboxylic acids is 2. The number of carbonyl (C=O) groups is 2. The molecule has 2 N–H and O–H groups in total. The van der Waals surface area contributed by atoms with Crippen molar-refractivity contribution in [1.82, 2.24) is 10.2 Å². The van der Waals surface area contributed by atoms with Gasteiger partial charge in [-0.15, -0.1) is 0 Å². The second-order valence-electron chi connectivity index (χ2n) is 8.54. The summed E-state index contributed by atoms with van der Waals surface area (Å²) in [6, 6.07) is 12.4. The van der Waals surface area contributed by atoms with Crippen molar-refractivity contribution in [2.24, 2.45) is 5.92 Å². The van der Waals surface area contributed by atoms with Gasteiger partial charge >= 0.3 is 0 Å². The van der Waals surface area contributed by atoms with E-state index >= 15 is 0 Å². The predicted molar refractivity (Wildman–Crippen MR) is 139 cm³/mol. The van der Waals surface area contributed by atoms with E-state index in [1.807, 2.05) is 24.8 Å². The lowest BCUT2D eigenvalue weighted by Gasteiger charge is -2.20. The van der Waals surface area contributed by atoms with Crippen molar-refractivity contribution >= 4 is 50.8 Å². The topological polar surface area (TPSA) is 70.7 Å². The molecule has 0 bridgehead atoms. The number of benzene rings is 2. The Morgan fingerprint density at radius 1 is 1.06 bits per heavy atom. The number of hydrogen-bond donors (Lipinski definition) is 2. The van der Waals surface area contributed by atoms with Crippen LogP contribution in [0, 0.1) is 5.92 Å². The lowest BCUT2D eigenvalue weighted by atomic mass is 10.1. The van der Waals surface area contributed by atoms with Crippen LogP contribution < -0.4 is 15.4 Å². The fourth-order valence-electron chi connectivity index (χ4n) is 3.55. The standard InChI is InChI=1S/C25H30BrN3O3S/c1-17(2)16-32-22-12-9-19(26)15-21(22)23(30)28-25(33)27-20-10-7-18(8-11-20)24(31)29-13-5-3-4-6-14-29/h7-12,15,17H,3-6,13-14,16H2,1-2H3,(H2,27,28,30,33). The van der Waals surface area contributed by atoms with Crippen molar-refractivity contribution in [3.63, 3.8) is 0 Å². The second kappa shape index (κ2) is 12.1. The number of thiocarbonyl (C=S) groups is 1. The molecule has 33 heavy (non-hydrogen) atoms. The van der Waals surface area contributed by atoms with Crippen LogP contribution in [0.15, 0.2) is 46.9 Å². The molecule has 2 aromatic carbocycles. The Morgan fingerprint density at radius 2 is 1.73 bits per heavy atom. The van der Waals surface area contributed by atoms with Gasteiger partial charge in [-0.2, -0.15) is 0 Å². The maximum absolute atomic E-state index is 12.8. The molecule has 2 aromatic rings. The average molecular weight is 533 g/mol.